The van der Waals surface area contributed by atoms with Crippen molar-refractivity contribution in [2.45, 2.75) is 44.8 Å². The zero-order valence-electron chi connectivity index (χ0n) is 20.0. The molecule has 0 amide bonds. The van der Waals surface area contributed by atoms with Gasteiger partial charge >= 0.3 is 5.97 Å². The highest BCUT2D eigenvalue weighted by Gasteiger charge is 2.33. The number of methoxy groups -OCH3 is 2. The zero-order valence-corrected chi connectivity index (χ0v) is 20.0. The number of benzene rings is 2. The highest BCUT2D eigenvalue weighted by Crippen LogP contribution is 2.40. The maximum atomic E-state index is 13.6. The molecule has 0 spiro atoms. The van der Waals surface area contributed by atoms with Gasteiger partial charge in [-0.05, 0) is 40.6 Å². The minimum atomic E-state index is -1.12. The lowest BCUT2D eigenvalue weighted by Gasteiger charge is -2.25. The molecule has 1 aromatic heterocycles. The summed E-state index contributed by atoms with van der Waals surface area (Å²) in [5, 5.41) is 36.7. The van der Waals surface area contributed by atoms with E-state index < -0.39 is 28.8 Å². The third-order valence-corrected chi connectivity index (χ3v) is 5.60. The van der Waals surface area contributed by atoms with E-state index in [2.05, 4.69) is 20.8 Å². The minimum absolute atomic E-state index is 0.141. The Bertz CT molecular complexity index is 1200. The van der Waals surface area contributed by atoms with Crippen molar-refractivity contribution in [2.24, 2.45) is 0 Å². The monoisotopic (exact) mass is 502 g/mol. The number of rotatable bonds is 13. The van der Waals surface area contributed by atoms with Crippen molar-refractivity contribution in [3.05, 3.63) is 69.3 Å². The molecule has 192 valence electrons. The number of tetrazole rings is 1. The number of carbonyl (C=O) groups is 1. The fourth-order valence-corrected chi connectivity index (χ4v) is 3.81. The fraction of sp³-hybridized carbons (Fsp3) is 0.391. The van der Waals surface area contributed by atoms with E-state index in [-0.39, 0.29) is 35.0 Å². The van der Waals surface area contributed by atoms with E-state index in [0.29, 0.717) is 12.1 Å². The van der Waals surface area contributed by atoms with Gasteiger partial charge in [-0.3, -0.25) is 20.2 Å². The van der Waals surface area contributed by atoms with Crippen LogP contribution in [0.1, 0.15) is 55.2 Å². The number of ether oxygens (including phenoxy) is 2. The molecular weight excluding hydrogens is 475 g/mol. The lowest BCUT2D eigenvalue weighted by molar-refractivity contribution is -0.385. The SMILES string of the molecule is CCCCn1nnnc1C(NC(CC(=O)O)c1ccc(F)cc1)c1cc(OC)c(OC)cc1[N+](=O)[O-]. The first-order valence-electron chi connectivity index (χ1n) is 11.2. The molecule has 3 aromatic rings. The second-order valence-corrected chi connectivity index (χ2v) is 7.94. The Morgan fingerprint density at radius 3 is 2.47 bits per heavy atom. The number of nitro benzene ring substituents is 1. The molecule has 0 radical (unpaired) electrons. The number of carboxylic acid groups (broad SMARTS) is 1. The molecule has 0 aliphatic heterocycles. The van der Waals surface area contributed by atoms with E-state index in [9.17, 15) is 24.4 Å². The molecule has 0 saturated heterocycles. The smallest absolute Gasteiger partial charge is 0.305 e. The molecule has 12 nitrogen and oxygen atoms in total. The molecule has 0 saturated carbocycles. The first-order valence-corrected chi connectivity index (χ1v) is 11.2. The standard InChI is InChI=1S/C23H27FN6O6/c1-4-5-10-29-23(26-27-28-29)22(16-11-19(35-2)20(36-3)13-18(16)30(33)34)25-17(12-21(31)32)14-6-8-15(24)9-7-14/h6-9,11,13,17,22,25H,4-5,10,12H2,1-3H3,(H,31,32). The molecule has 36 heavy (non-hydrogen) atoms. The molecule has 0 aliphatic carbocycles. The van der Waals surface area contributed by atoms with Crippen LogP contribution in [0.4, 0.5) is 10.1 Å². The van der Waals surface area contributed by atoms with E-state index in [1.54, 1.807) is 0 Å². The number of unbranched alkanes of at least 4 members (excludes halogenated alkanes) is 1. The Hall–Kier alpha value is -4.13. The van der Waals surface area contributed by atoms with Crippen LogP contribution in [0.25, 0.3) is 0 Å². The Labute approximate surface area is 206 Å². The minimum Gasteiger partial charge on any atom is -0.493 e. The molecule has 0 aliphatic rings. The number of nitrogens with zero attached hydrogens (tertiary/aromatic N) is 5. The van der Waals surface area contributed by atoms with Gasteiger partial charge in [-0.15, -0.1) is 5.10 Å². The number of nitrogens with one attached hydrogen (secondary N) is 1. The maximum absolute atomic E-state index is 13.6. The van der Waals surface area contributed by atoms with Gasteiger partial charge in [0.2, 0.25) is 0 Å². The molecular formula is C23H27FN6O6. The summed E-state index contributed by atoms with van der Waals surface area (Å²) in [4.78, 5) is 23.2. The van der Waals surface area contributed by atoms with Crippen molar-refractivity contribution >= 4 is 11.7 Å². The topological polar surface area (TPSA) is 155 Å². The van der Waals surface area contributed by atoms with Gasteiger partial charge in [0, 0.05) is 12.6 Å². The van der Waals surface area contributed by atoms with Crippen LogP contribution >= 0.6 is 0 Å². The number of carboxylic acids is 1. The summed E-state index contributed by atoms with van der Waals surface area (Å²) < 4.78 is 25.7. The molecule has 2 aromatic carbocycles. The van der Waals surface area contributed by atoms with Crippen LogP contribution in [-0.2, 0) is 11.3 Å². The van der Waals surface area contributed by atoms with E-state index in [1.807, 2.05) is 6.92 Å². The van der Waals surface area contributed by atoms with Gasteiger partial charge in [0.05, 0.1) is 37.2 Å². The third-order valence-electron chi connectivity index (χ3n) is 5.60. The van der Waals surface area contributed by atoms with E-state index in [0.717, 1.165) is 12.8 Å². The molecule has 3 rings (SSSR count). The van der Waals surface area contributed by atoms with Crippen LogP contribution in [0, 0.1) is 15.9 Å². The summed E-state index contributed by atoms with van der Waals surface area (Å²) in [6.45, 7) is 2.44. The van der Waals surface area contributed by atoms with Gasteiger partial charge in [-0.2, -0.15) is 0 Å². The summed E-state index contributed by atoms with van der Waals surface area (Å²) in [5.41, 5.74) is 0.311. The van der Waals surface area contributed by atoms with Gasteiger partial charge in [-0.25, -0.2) is 9.07 Å². The lowest BCUT2D eigenvalue weighted by atomic mass is 9.97. The first kappa shape index (κ1) is 26.5. The second-order valence-electron chi connectivity index (χ2n) is 7.94. The van der Waals surface area contributed by atoms with Crippen LogP contribution in [-0.4, -0.2) is 50.4 Å². The Balaban J connectivity index is 2.21. The van der Waals surface area contributed by atoms with Crippen molar-refractivity contribution in [1.82, 2.24) is 25.5 Å². The quantitative estimate of drug-likeness (QED) is 0.262. The second kappa shape index (κ2) is 12.0. The number of aryl methyl sites for hydroxylation is 1. The summed E-state index contributed by atoms with van der Waals surface area (Å²) >= 11 is 0. The van der Waals surface area contributed by atoms with Gasteiger partial charge in [-0.1, -0.05) is 25.5 Å². The average Bonchev–Trinajstić information content (AvgIpc) is 3.32. The Morgan fingerprint density at radius 2 is 1.89 bits per heavy atom. The summed E-state index contributed by atoms with van der Waals surface area (Å²) in [7, 11) is 2.76. The fourth-order valence-electron chi connectivity index (χ4n) is 3.81. The van der Waals surface area contributed by atoms with Crippen LogP contribution in [0.5, 0.6) is 11.5 Å². The zero-order chi connectivity index (χ0) is 26.2. The van der Waals surface area contributed by atoms with Crippen molar-refractivity contribution in [3.8, 4) is 11.5 Å². The van der Waals surface area contributed by atoms with Crippen LogP contribution in [0.2, 0.25) is 0 Å². The summed E-state index contributed by atoms with van der Waals surface area (Å²) in [6, 6.07) is 6.12. The normalized spacial score (nSPS) is 12.7. The third kappa shape index (κ3) is 6.10. The molecule has 2 unspecified atom stereocenters. The van der Waals surface area contributed by atoms with E-state index in [4.69, 9.17) is 9.47 Å². The van der Waals surface area contributed by atoms with Crippen molar-refractivity contribution < 1.29 is 28.7 Å². The molecule has 0 bridgehead atoms. The van der Waals surface area contributed by atoms with E-state index in [1.165, 1.54) is 55.3 Å². The van der Waals surface area contributed by atoms with Crippen molar-refractivity contribution in [1.29, 1.82) is 0 Å². The van der Waals surface area contributed by atoms with Crippen LogP contribution in [0.3, 0.4) is 0 Å². The summed E-state index contributed by atoms with van der Waals surface area (Å²) in [5.74, 6) is -0.977. The summed E-state index contributed by atoms with van der Waals surface area (Å²) in [6.07, 6.45) is 1.21. The van der Waals surface area contributed by atoms with Gasteiger partial charge in [0.25, 0.3) is 5.69 Å². The number of aromatic nitrogens is 4. The highest BCUT2D eigenvalue weighted by molar-refractivity contribution is 5.68. The molecule has 0 fully saturated rings. The number of hydrogen-bond donors (Lipinski definition) is 2. The number of halogens is 1. The van der Waals surface area contributed by atoms with Gasteiger partial charge in [0.15, 0.2) is 17.3 Å². The Morgan fingerprint density at radius 1 is 1.22 bits per heavy atom. The number of hydrogen-bond acceptors (Lipinski definition) is 9. The highest BCUT2D eigenvalue weighted by atomic mass is 19.1. The molecule has 1 heterocycles. The Kier molecular flexibility index (Phi) is 8.84. The predicted molar refractivity (Wildman–Crippen MR) is 125 cm³/mol. The van der Waals surface area contributed by atoms with Gasteiger partial charge < -0.3 is 14.6 Å². The average molecular weight is 503 g/mol. The van der Waals surface area contributed by atoms with E-state index >= 15 is 0 Å². The molecule has 13 heteroatoms. The van der Waals surface area contributed by atoms with Crippen LogP contribution in [0.15, 0.2) is 36.4 Å². The predicted octanol–water partition coefficient (Wildman–Crippen LogP) is 3.43. The molecule has 2 atom stereocenters. The number of aliphatic carboxylic acids is 1. The largest absolute Gasteiger partial charge is 0.493 e. The number of nitro groups is 1. The first-order chi connectivity index (χ1) is 17.3. The lowest BCUT2D eigenvalue weighted by Crippen LogP contribution is -2.32. The van der Waals surface area contributed by atoms with Gasteiger partial charge in [0.1, 0.15) is 11.9 Å². The maximum Gasteiger partial charge on any atom is 0.305 e. The van der Waals surface area contributed by atoms with Crippen molar-refractivity contribution in [3.63, 3.8) is 0 Å². The van der Waals surface area contributed by atoms with Crippen LogP contribution < -0.4 is 14.8 Å². The molecule has 2 N–H and O–H groups in total. The van der Waals surface area contributed by atoms with Crippen molar-refractivity contribution in [2.75, 3.05) is 14.2 Å².